The number of nitrogens with two attached hydrogens (primary N) is 1. The van der Waals surface area contributed by atoms with Crippen LogP contribution in [0.2, 0.25) is 0 Å². The highest BCUT2D eigenvalue weighted by atomic mass is 32.2. The summed E-state index contributed by atoms with van der Waals surface area (Å²) in [5, 5.41) is 9.21. The first-order chi connectivity index (χ1) is 9.06. The fraction of sp³-hybridized carbons (Fsp3) is 0.538. The van der Waals surface area contributed by atoms with E-state index in [1.165, 1.54) is 4.31 Å². The largest absolute Gasteiger partial charge is 0.395 e. The van der Waals surface area contributed by atoms with Gasteiger partial charge in [0.25, 0.3) is 0 Å². The highest BCUT2D eigenvalue weighted by Crippen LogP contribution is 2.23. The van der Waals surface area contributed by atoms with Crippen LogP contribution in [0.5, 0.6) is 0 Å². The third kappa shape index (κ3) is 3.33. The second kappa shape index (κ2) is 6.00. The van der Waals surface area contributed by atoms with Gasteiger partial charge in [-0.3, -0.25) is 0 Å². The molecular weight excluding hydrogens is 264 g/mol. The molecule has 3 N–H and O–H groups in total. The van der Waals surface area contributed by atoms with Crippen LogP contribution in [-0.4, -0.2) is 37.0 Å². The molecule has 6 heteroatoms. The molecule has 5 nitrogen and oxygen atoms in total. The second-order valence-corrected chi connectivity index (χ2v) is 6.79. The van der Waals surface area contributed by atoms with Gasteiger partial charge in [-0.15, -0.1) is 0 Å². The Bertz CT molecular complexity index is 513. The van der Waals surface area contributed by atoms with Crippen molar-refractivity contribution in [3.05, 3.63) is 35.4 Å². The Balaban J connectivity index is 2.11. The van der Waals surface area contributed by atoms with Gasteiger partial charge in [-0.1, -0.05) is 24.3 Å². The lowest BCUT2D eigenvalue weighted by molar-refractivity contribution is 0.213. The first kappa shape index (κ1) is 14.5. The van der Waals surface area contributed by atoms with E-state index in [1.807, 2.05) is 12.1 Å². The van der Waals surface area contributed by atoms with E-state index >= 15 is 0 Å². The van der Waals surface area contributed by atoms with Gasteiger partial charge in [0.2, 0.25) is 10.0 Å². The molecule has 0 aliphatic carbocycles. The zero-order valence-electron chi connectivity index (χ0n) is 10.8. The van der Waals surface area contributed by atoms with Gasteiger partial charge in [0.15, 0.2) is 0 Å². The fourth-order valence-corrected chi connectivity index (χ4v) is 4.24. The quantitative estimate of drug-likeness (QED) is 0.821. The molecule has 1 unspecified atom stereocenters. The Morgan fingerprint density at radius 2 is 1.89 bits per heavy atom. The summed E-state index contributed by atoms with van der Waals surface area (Å²) in [5.74, 6) is -0.0195. The van der Waals surface area contributed by atoms with Gasteiger partial charge in [-0.2, -0.15) is 4.31 Å². The molecule has 2 rings (SSSR count). The van der Waals surface area contributed by atoms with Crippen molar-refractivity contribution in [3.63, 3.8) is 0 Å². The topological polar surface area (TPSA) is 83.6 Å². The third-order valence-electron chi connectivity index (χ3n) is 3.50. The number of benzene rings is 1. The van der Waals surface area contributed by atoms with Gasteiger partial charge >= 0.3 is 0 Å². The summed E-state index contributed by atoms with van der Waals surface area (Å²) in [6, 6.07) is 7.03. The minimum atomic E-state index is -3.35. The van der Waals surface area contributed by atoms with Crippen LogP contribution in [0.4, 0.5) is 0 Å². The number of rotatable bonds is 5. The lowest BCUT2D eigenvalue weighted by Crippen LogP contribution is -2.38. The van der Waals surface area contributed by atoms with Gasteiger partial charge in [0.1, 0.15) is 0 Å². The van der Waals surface area contributed by atoms with Crippen molar-refractivity contribution in [2.24, 2.45) is 5.73 Å². The summed E-state index contributed by atoms with van der Waals surface area (Å²) < 4.78 is 26.1. The number of sulfonamides is 1. The number of hydrogen-bond acceptors (Lipinski definition) is 4. The Kier molecular flexibility index (Phi) is 4.57. The molecule has 0 radical (unpaired) electrons. The number of nitrogens with zero attached hydrogens (tertiary/aromatic N) is 1. The van der Waals surface area contributed by atoms with E-state index < -0.39 is 10.0 Å². The van der Waals surface area contributed by atoms with Crippen LogP contribution < -0.4 is 5.73 Å². The van der Waals surface area contributed by atoms with E-state index in [0.29, 0.717) is 13.1 Å². The zero-order chi connectivity index (χ0) is 13.9. The van der Waals surface area contributed by atoms with Gasteiger partial charge in [0.05, 0.1) is 12.4 Å². The first-order valence-electron chi connectivity index (χ1n) is 6.45. The Labute approximate surface area is 114 Å². The van der Waals surface area contributed by atoms with Crippen LogP contribution in [0.15, 0.2) is 24.3 Å². The highest BCUT2D eigenvalue weighted by Gasteiger charge is 2.33. The summed E-state index contributed by atoms with van der Waals surface area (Å²) in [5.41, 5.74) is 7.24. The third-order valence-corrected chi connectivity index (χ3v) is 5.39. The molecule has 106 valence electrons. The normalized spacial score (nSPS) is 20.8. The Morgan fingerprint density at radius 1 is 1.26 bits per heavy atom. The lowest BCUT2D eigenvalue weighted by Gasteiger charge is -2.22. The predicted octanol–water partition coefficient (Wildman–Crippen LogP) is 0.432. The predicted molar refractivity (Wildman–Crippen MR) is 73.8 cm³/mol. The second-order valence-electron chi connectivity index (χ2n) is 4.87. The molecule has 1 aromatic carbocycles. The summed E-state index contributed by atoms with van der Waals surface area (Å²) in [7, 11) is -3.35. The summed E-state index contributed by atoms with van der Waals surface area (Å²) in [4.78, 5) is 0. The Hall–Kier alpha value is -0.950. The highest BCUT2D eigenvalue weighted by molar-refractivity contribution is 7.88. The van der Waals surface area contributed by atoms with E-state index in [2.05, 4.69) is 0 Å². The van der Waals surface area contributed by atoms with Gasteiger partial charge in [0, 0.05) is 19.1 Å². The van der Waals surface area contributed by atoms with E-state index in [9.17, 15) is 13.5 Å². The minimum absolute atomic E-state index is 0.0195. The number of hydrogen-bond donors (Lipinski definition) is 2. The molecule has 1 aliphatic rings. The maximum Gasteiger partial charge on any atom is 0.218 e. The molecule has 0 amide bonds. The standard InChI is InChI=1S/C13H20N2O3S/c14-8-11-3-5-12(6-4-11)10-19(17,18)15-7-1-2-13(15)9-16/h3-6,13,16H,1-2,7-10,14H2. The first-order valence-corrected chi connectivity index (χ1v) is 8.06. The van der Waals surface area contributed by atoms with E-state index in [4.69, 9.17) is 5.73 Å². The number of aliphatic hydroxyl groups excluding tert-OH is 1. The van der Waals surface area contributed by atoms with Crippen molar-refractivity contribution in [1.82, 2.24) is 4.31 Å². The summed E-state index contributed by atoms with van der Waals surface area (Å²) in [6.07, 6.45) is 1.55. The Morgan fingerprint density at radius 3 is 2.47 bits per heavy atom. The van der Waals surface area contributed by atoms with Crippen molar-refractivity contribution in [2.45, 2.75) is 31.2 Å². The molecule has 0 aromatic heterocycles. The summed E-state index contributed by atoms with van der Waals surface area (Å²) in [6.45, 7) is 0.853. The molecule has 1 saturated heterocycles. The van der Waals surface area contributed by atoms with E-state index in [-0.39, 0.29) is 18.4 Å². The van der Waals surface area contributed by atoms with Gasteiger partial charge in [-0.05, 0) is 24.0 Å². The molecule has 0 saturated carbocycles. The molecule has 0 spiro atoms. The minimum Gasteiger partial charge on any atom is -0.395 e. The van der Waals surface area contributed by atoms with E-state index in [1.54, 1.807) is 12.1 Å². The van der Waals surface area contributed by atoms with Crippen LogP contribution in [0.1, 0.15) is 24.0 Å². The average Bonchev–Trinajstić information content (AvgIpc) is 2.88. The molecule has 1 heterocycles. The number of aliphatic hydroxyl groups is 1. The van der Waals surface area contributed by atoms with Crippen LogP contribution >= 0.6 is 0 Å². The fourth-order valence-electron chi connectivity index (χ4n) is 2.42. The van der Waals surface area contributed by atoms with Crippen molar-refractivity contribution >= 4 is 10.0 Å². The SMILES string of the molecule is NCc1ccc(CS(=O)(=O)N2CCCC2CO)cc1. The van der Waals surface area contributed by atoms with Crippen molar-refractivity contribution < 1.29 is 13.5 Å². The van der Waals surface area contributed by atoms with Crippen molar-refractivity contribution in [3.8, 4) is 0 Å². The zero-order valence-corrected chi connectivity index (χ0v) is 11.6. The molecule has 19 heavy (non-hydrogen) atoms. The summed E-state index contributed by atoms with van der Waals surface area (Å²) >= 11 is 0. The van der Waals surface area contributed by atoms with Crippen LogP contribution in [0, 0.1) is 0 Å². The maximum absolute atomic E-state index is 12.3. The van der Waals surface area contributed by atoms with Gasteiger partial charge in [-0.25, -0.2) is 8.42 Å². The van der Waals surface area contributed by atoms with Crippen molar-refractivity contribution in [1.29, 1.82) is 0 Å². The molecular formula is C13H20N2O3S. The molecule has 0 bridgehead atoms. The molecule has 1 aromatic rings. The maximum atomic E-state index is 12.3. The molecule has 1 fully saturated rings. The van der Waals surface area contributed by atoms with Crippen LogP contribution in [-0.2, 0) is 22.3 Å². The van der Waals surface area contributed by atoms with Gasteiger partial charge < -0.3 is 10.8 Å². The average molecular weight is 284 g/mol. The van der Waals surface area contributed by atoms with Crippen LogP contribution in [0.3, 0.4) is 0 Å². The van der Waals surface area contributed by atoms with Crippen LogP contribution in [0.25, 0.3) is 0 Å². The molecule has 1 atom stereocenters. The monoisotopic (exact) mass is 284 g/mol. The van der Waals surface area contributed by atoms with E-state index in [0.717, 1.165) is 24.0 Å². The molecule has 1 aliphatic heterocycles. The van der Waals surface area contributed by atoms with Crippen molar-refractivity contribution in [2.75, 3.05) is 13.2 Å². The smallest absolute Gasteiger partial charge is 0.218 e. The lowest BCUT2D eigenvalue weighted by atomic mass is 10.1.